The lowest BCUT2D eigenvalue weighted by molar-refractivity contribution is 0.132. The summed E-state index contributed by atoms with van der Waals surface area (Å²) >= 11 is 0. The van der Waals surface area contributed by atoms with Crippen LogP contribution in [0.3, 0.4) is 0 Å². The van der Waals surface area contributed by atoms with Gasteiger partial charge in [0.1, 0.15) is 6.61 Å². The highest BCUT2D eigenvalue weighted by atomic mass is 16.6. The molecule has 0 bridgehead atoms. The Labute approximate surface area is 149 Å². The monoisotopic (exact) mass is 333 g/mol. The molecule has 4 heteroatoms. The summed E-state index contributed by atoms with van der Waals surface area (Å²) in [5, 5.41) is 13.1. The number of anilines is 1. The lowest BCUT2D eigenvalue weighted by Gasteiger charge is -2.29. The third kappa shape index (κ3) is 4.39. The third-order valence-corrected chi connectivity index (χ3v) is 4.60. The van der Waals surface area contributed by atoms with Gasteiger partial charge in [0.05, 0.1) is 17.8 Å². The summed E-state index contributed by atoms with van der Waals surface area (Å²) in [5.41, 5.74) is 5.00. The van der Waals surface area contributed by atoms with Gasteiger partial charge in [-0.2, -0.15) is 5.26 Å². The molecular formula is C21H23N3O. The summed E-state index contributed by atoms with van der Waals surface area (Å²) in [5.74, 6) is 0. The van der Waals surface area contributed by atoms with Crippen molar-refractivity contribution in [1.82, 2.24) is 0 Å². The fourth-order valence-electron chi connectivity index (χ4n) is 3.11. The van der Waals surface area contributed by atoms with E-state index in [-0.39, 0.29) is 0 Å². The zero-order valence-corrected chi connectivity index (χ0v) is 14.6. The number of hydrogen-bond acceptors (Lipinski definition) is 4. The van der Waals surface area contributed by atoms with E-state index in [1.54, 1.807) is 12.3 Å². The van der Waals surface area contributed by atoms with Gasteiger partial charge in [0.25, 0.3) is 0 Å². The highest BCUT2D eigenvalue weighted by molar-refractivity contribution is 5.82. The van der Waals surface area contributed by atoms with Crippen LogP contribution in [0.1, 0.15) is 41.5 Å². The molecule has 0 amide bonds. The number of oxime groups is 1. The topological polar surface area (TPSA) is 48.6 Å². The van der Waals surface area contributed by atoms with Crippen molar-refractivity contribution in [2.75, 3.05) is 18.0 Å². The molecular weight excluding hydrogens is 310 g/mol. The number of hydrogen-bond donors (Lipinski definition) is 0. The molecule has 1 aliphatic heterocycles. The van der Waals surface area contributed by atoms with Gasteiger partial charge in [-0.15, -0.1) is 0 Å². The fraction of sp³-hybridized carbons (Fsp3) is 0.333. The van der Waals surface area contributed by atoms with Crippen LogP contribution in [0.4, 0.5) is 5.69 Å². The Balaban J connectivity index is 1.60. The predicted molar refractivity (Wildman–Crippen MR) is 101 cm³/mol. The highest BCUT2D eigenvalue weighted by Gasteiger charge is 2.11. The van der Waals surface area contributed by atoms with Crippen LogP contribution in [0.15, 0.2) is 47.6 Å². The Bertz CT molecular complexity index is 786. The van der Waals surface area contributed by atoms with Crippen LogP contribution >= 0.6 is 0 Å². The fourth-order valence-corrected chi connectivity index (χ4v) is 3.11. The second kappa shape index (κ2) is 8.34. The summed E-state index contributed by atoms with van der Waals surface area (Å²) in [6.07, 6.45) is 5.64. The number of rotatable bonds is 5. The Morgan fingerprint density at radius 3 is 2.72 bits per heavy atom. The van der Waals surface area contributed by atoms with E-state index >= 15 is 0 Å². The van der Waals surface area contributed by atoms with Crippen LogP contribution in [0, 0.1) is 18.3 Å². The Morgan fingerprint density at radius 2 is 1.96 bits per heavy atom. The zero-order valence-electron chi connectivity index (χ0n) is 14.6. The smallest absolute Gasteiger partial charge is 0.143 e. The SMILES string of the molecule is Cc1cc(N2CCCCC2)ccc1/C=N\OCc1ccccc1C#N. The van der Waals surface area contributed by atoms with E-state index in [9.17, 15) is 0 Å². The molecule has 2 aromatic carbocycles. The molecule has 0 saturated carbocycles. The second-order valence-corrected chi connectivity index (χ2v) is 6.37. The zero-order chi connectivity index (χ0) is 17.5. The third-order valence-electron chi connectivity index (χ3n) is 4.60. The van der Waals surface area contributed by atoms with Crippen molar-refractivity contribution >= 4 is 11.9 Å². The van der Waals surface area contributed by atoms with Crippen LogP contribution < -0.4 is 4.90 Å². The normalized spacial score (nSPS) is 14.5. The van der Waals surface area contributed by atoms with Crippen molar-refractivity contribution in [3.8, 4) is 6.07 Å². The first-order valence-electron chi connectivity index (χ1n) is 8.77. The molecule has 0 aromatic heterocycles. The molecule has 3 rings (SSSR count). The molecule has 0 N–H and O–H groups in total. The van der Waals surface area contributed by atoms with Gasteiger partial charge < -0.3 is 9.74 Å². The largest absolute Gasteiger partial charge is 0.391 e. The van der Waals surface area contributed by atoms with Crippen molar-refractivity contribution in [1.29, 1.82) is 5.26 Å². The first-order valence-corrected chi connectivity index (χ1v) is 8.77. The molecule has 2 aromatic rings. The van der Waals surface area contributed by atoms with E-state index in [2.05, 4.69) is 41.2 Å². The Hall–Kier alpha value is -2.80. The molecule has 1 saturated heterocycles. The van der Waals surface area contributed by atoms with Gasteiger partial charge in [-0.25, -0.2) is 0 Å². The van der Waals surface area contributed by atoms with E-state index in [0.29, 0.717) is 12.2 Å². The predicted octanol–water partition coefficient (Wildman–Crippen LogP) is 4.41. The van der Waals surface area contributed by atoms with Crippen molar-refractivity contribution in [3.63, 3.8) is 0 Å². The highest BCUT2D eigenvalue weighted by Crippen LogP contribution is 2.22. The van der Waals surface area contributed by atoms with Gasteiger partial charge in [0.2, 0.25) is 0 Å². The molecule has 0 spiro atoms. The van der Waals surface area contributed by atoms with Crippen molar-refractivity contribution in [2.45, 2.75) is 32.8 Å². The average molecular weight is 333 g/mol. The van der Waals surface area contributed by atoms with Crippen LogP contribution in [-0.2, 0) is 11.4 Å². The first-order chi connectivity index (χ1) is 12.3. The van der Waals surface area contributed by atoms with Gasteiger partial charge in [-0.05, 0) is 55.5 Å². The van der Waals surface area contributed by atoms with E-state index in [4.69, 9.17) is 10.1 Å². The van der Waals surface area contributed by atoms with Crippen LogP contribution in [0.25, 0.3) is 0 Å². The van der Waals surface area contributed by atoms with Gasteiger partial charge >= 0.3 is 0 Å². The second-order valence-electron chi connectivity index (χ2n) is 6.37. The Morgan fingerprint density at radius 1 is 1.16 bits per heavy atom. The molecule has 128 valence electrons. The molecule has 0 atom stereocenters. The summed E-state index contributed by atoms with van der Waals surface area (Å²) in [4.78, 5) is 7.83. The van der Waals surface area contributed by atoms with Crippen LogP contribution in [-0.4, -0.2) is 19.3 Å². The lowest BCUT2D eigenvalue weighted by atomic mass is 10.1. The van der Waals surface area contributed by atoms with Crippen LogP contribution in [0.2, 0.25) is 0 Å². The van der Waals surface area contributed by atoms with Gasteiger partial charge in [0, 0.05) is 24.3 Å². The number of nitriles is 1. The maximum absolute atomic E-state index is 9.07. The minimum Gasteiger partial charge on any atom is -0.391 e. The maximum Gasteiger partial charge on any atom is 0.143 e. The molecule has 1 heterocycles. The van der Waals surface area contributed by atoms with Crippen molar-refractivity contribution < 1.29 is 4.84 Å². The van der Waals surface area contributed by atoms with E-state index < -0.39 is 0 Å². The first kappa shape index (κ1) is 17.0. The number of aryl methyl sites for hydroxylation is 1. The van der Waals surface area contributed by atoms with Crippen LogP contribution in [0.5, 0.6) is 0 Å². The number of piperidine rings is 1. The van der Waals surface area contributed by atoms with Crippen molar-refractivity contribution in [2.24, 2.45) is 5.16 Å². The Kier molecular flexibility index (Phi) is 5.69. The van der Waals surface area contributed by atoms with Gasteiger partial charge in [0.15, 0.2) is 0 Å². The maximum atomic E-state index is 9.07. The lowest BCUT2D eigenvalue weighted by Crippen LogP contribution is -2.29. The summed E-state index contributed by atoms with van der Waals surface area (Å²) < 4.78 is 0. The van der Waals surface area contributed by atoms with Gasteiger partial charge in [-0.3, -0.25) is 0 Å². The molecule has 1 aliphatic rings. The molecule has 1 fully saturated rings. The molecule has 25 heavy (non-hydrogen) atoms. The molecule has 0 aliphatic carbocycles. The molecule has 0 unspecified atom stereocenters. The summed E-state index contributed by atoms with van der Waals surface area (Å²) in [6, 6.07) is 16.0. The van der Waals surface area contributed by atoms with E-state index in [0.717, 1.165) is 24.2 Å². The molecule has 0 radical (unpaired) electrons. The summed E-state index contributed by atoms with van der Waals surface area (Å²) in [6.45, 7) is 4.69. The summed E-state index contributed by atoms with van der Waals surface area (Å²) in [7, 11) is 0. The van der Waals surface area contributed by atoms with Gasteiger partial charge in [-0.1, -0.05) is 29.4 Å². The quantitative estimate of drug-likeness (QED) is 0.601. The minimum atomic E-state index is 0.297. The number of benzene rings is 2. The minimum absolute atomic E-state index is 0.297. The van der Waals surface area contributed by atoms with E-state index in [1.807, 2.05) is 18.2 Å². The van der Waals surface area contributed by atoms with E-state index in [1.165, 1.54) is 30.5 Å². The number of nitrogens with zero attached hydrogens (tertiary/aromatic N) is 3. The standard InChI is InChI=1S/C21H23N3O/c1-17-13-21(24-11-5-2-6-12-24)10-9-19(17)15-23-25-16-20-8-4-3-7-18(20)14-22/h3-4,7-10,13,15H,2,5-6,11-12,16H2,1H3/b23-15-. The average Bonchev–Trinajstić information content (AvgIpc) is 2.67. The molecule has 4 nitrogen and oxygen atoms in total. The van der Waals surface area contributed by atoms with Crippen molar-refractivity contribution in [3.05, 3.63) is 64.7 Å².